The number of piperidine rings is 1. The zero-order chi connectivity index (χ0) is 17.8. The third-order valence-corrected chi connectivity index (χ3v) is 4.71. The predicted molar refractivity (Wildman–Crippen MR) is 91.1 cm³/mol. The van der Waals surface area contributed by atoms with Crippen molar-refractivity contribution < 1.29 is 24.2 Å². The van der Waals surface area contributed by atoms with Crippen LogP contribution in [0.15, 0.2) is 18.2 Å². The second-order valence-electron chi connectivity index (χ2n) is 6.27. The highest BCUT2D eigenvalue weighted by molar-refractivity contribution is 5.90. The van der Waals surface area contributed by atoms with Crippen LogP contribution >= 0.6 is 0 Å². The van der Waals surface area contributed by atoms with E-state index in [4.69, 9.17) is 14.6 Å². The van der Waals surface area contributed by atoms with Crippen molar-refractivity contribution in [3.05, 3.63) is 23.8 Å². The fourth-order valence-corrected chi connectivity index (χ4v) is 3.29. The van der Waals surface area contributed by atoms with Crippen molar-refractivity contribution in [3.63, 3.8) is 0 Å². The number of carbonyl (C=O) groups excluding carboxylic acids is 1. The number of hydrogen-bond acceptors (Lipinski definition) is 5. The molecular formula is C17H23N3O5. The van der Waals surface area contributed by atoms with Crippen LogP contribution in [0.4, 0.5) is 15.3 Å². The number of likely N-dealkylation sites (tertiary alicyclic amines) is 1. The molecule has 0 aliphatic carbocycles. The van der Waals surface area contributed by atoms with Crippen molar-refractivity contribution in [1.29, 1.82) is 0 Å². The second-order valence-corrected chi connectivity index (χ2v) is 6.27. The van der Waals surface area contributed by atoms with Gasteiger partial charge in [0.15, 0.2) is 0 Å². The summed E-state index contributed by atoms with van der Waals surface area (Å²) in [5.74, 6) is 0.707. The summed E-state index contributed by atoms with van der Waals surface area (Å²) >= 11 is 0. The minimum atomic E-state index is -0.972. The Kier molecular flexibility index (Phi) is 5.28. The molecule has 1 fully saturated rings. The number of fused-ring (bicyclic) bond motifs is 1. The third kappa shape index (κ3) is 4.14. The minimum Gasteiger partial charge on any atom is -0.497 e. The topological polar surface area (TPSA) is 91.3 Å². The Bertz CT molecular complexity index is 643. The highest BCUT2D eigenvalue weighted by Crippen LogP contribution is 2.30. The molecule has 0 aromatic heterocycles. The summed E-state index contributed by atoms with van der Waals surface area (Å²) in [5.41, 5.74) is 1.79. The molecule has 0 radical (unpaired) electrons. The second kappa shape index (κ2) is 7.60. The van der Waals surface area contributed by atoms with E-state index < -0.39 is 6.09 Å². The summed E-state index contributed by atoms with van der Waals surface area (Å²) in [6, 6.07) is 5.64. The molecular weight excluding hydrogens is 326 g/mol. The van der Waals surface area contributed by atoms with Crippen LogP contribution in [0.5, 0.6) is 5.75 Å². The van der Waals surface area contributed by atoms with E-state index in [-0.39, 0.29) is 18.7 Å². The first kappa shape index (κ1) is 17.3. The van der Waals surface area contributed by atoms with Crippen molar-refractivity contribution >= 4 is 17.9 Å². The van der Waals surface area contributed by atoms with Gasteiger partial charge in [-0.1, -0.05) is 0 Å². The van der Waals surface area contributed by atoms with Crippen LogP contribution in [-0.2, 0) is 11.3 Å². The predicted octanol–water partition coefficient (Wildman–Crippen LogP) is 1.88. The fourth-order valence-electron chi connectivity index (χ4n) is 3.29. The van der Waals surface area contributed by atoms with Gasteiger partial charge in [0, 0.05) is 43.9 Å². The summed E-state index contributed by atoms with van der Waals surface area (Å²) in [6.45, 7) is 3.13. The fraction of sp³-hybridized carbons (Fsp3) is 0.529. The summed E-state index contributed by atoms with van der Waals surface area (Å²) in [4.78, 5) is 26.7. The Morgan fingerprint density at radius 3 is 2.80 bits per heavy atom. The van der Waals surface area contributed by atoms with Gasteiger partial charge in [-0.25, -0.2) is 9.59 Å². The molecule has 0 bridgehead atoms. The number of nitrogens with one attached hydrogen (secondary N) is 1. The number of cyclic esters (lactones) is 1. The number of ether oxygens (including phenoxy) is 2. The molecule has 8 nitrogen and oxygen atoms in total. The smallest absolute Gasteiger partial charge is 0.414 e. The van der Waals surface area contributed by atoms with E-state index in [0.717, 1.165) is 37.2 Å². The zero-order valence-corrected chi connectivity index (χ0v) is 14.2. The average Bonchev–Trinajstić information content (AvgIpc) is 2.61. The molecule has 2 aliphatic heterocycles. The van der Waals surface area contributed by atoms with Gasteiger partial charge in [-0.15, -0.1) is 0 Å². The van der Waals surface area contributed by atoms with Gasteiger partial charge in [0.05, 0.1) is 12.8 Å². The molecule has 8 heteroatoms. The molecule has 0 unspecified atom stereocenters. The largest absolute Gasteiger partial charge is 0.497 e. The van der Waals surface area contributed by atoms with Crippen molar-refractivity contribution in [3.8, 4) is 5.75 Å². The first-order valence-electron chi connectivity index (χ1n) is 8.40. The first-order valence-corrected chi connectivity index (χ1v) is 8.40. The zero-order valence-electron chi connectivity index (χ0n) is 14.2. The molecule has 136 valence electrons. The number of hydrogen-bond donors (Lipinski definition) is 2. The highest BCUT2D eigenvalue weighted by atomic mass is 16.6. The van der Waals surface area contributed by atoms with E-state index in [1.54, 1.807) is 12.0 Å². The van der Waals surface area contributed by atoms with Crippen LogP contribution in [0, 0.1) is 0 Å². The quantitative estimate of drug-likeness (QED) is 0.843. The van der Waals surface area contributed by atoms with Crippen LogP contribution < -0.4 is 15.0 Å². The van der Waals surface area contributed by atoms with Gasteiger partial charge in [0.2, 0.25) is 0 Å². The first-order chi connectivity index (χ1) is 12.1. The molecule has 0 saturated carbocycles. The maximum Gasteiger partial charge on any atom is 0.414 e. The van der Waals surface area contributed by atoms with Crippen molar-refractivity contribution in [1.82, 2.24) is 10.2 Å². The molecule has 2 heterocycles. The molecule has 1 aromatic rings. The summed E-state index contributed by atoms with van der Waals surface area (Å²) in [6.07, 6.45) is 0.241. The van der Waals surface area contributed by atoms with Gasteiger partial charge in [0.25, 0.3) is 0 Å². The maximum atomic E-state index is 12.2. The van der Waals surface area contributed by atoms with Crippen LogP contribution in [-0.4, -0.2) is 61.5 Å². The highest BCUT2D eigenvalue weighted by Gasteiger charge is 2.27. The molecule has 3 rings (SSSR count). The van der Waals surface area contributed by atoms with E-state index in [0.29, 0.717) is 18.8 Å². The number of nitrogens with zero attached hydrogens (tertiary/aromatic N) is 2. The number of carboxylic acid groups (broad SMARTS) is 1. The van der Waals surface area contributed by atoms with Crippen LogP contribution in [0.2, 0.25) is 0 Å². The average molecular weight is 349 g/mol. The third-order valence-electron chi connectivity index (χ3n) is 4.71. The number of amides is 2. The van der Waals surface area contributed by atoms with E-state index in [2.05, 4.69) is 10.2 Å². The van der Waals surface area contributed by atoms with Crippen LogP contribution in [0.3, 0.4) is 0 Å². The lowest BCUT2D eigenvalue weighted by Gasteiger charge is -2.34. The lowest BCUT2D eigenvalue weighted by molar-refractivity contribution is 0.138. The summed E-state index contributed by atoms with van der Waals surface area (Å²) < 4.78 is 10.5. The van der Waals surface area contributed by atoms with Gasteiger partial charge < -0.3 is 24.8 Å². The van der Waals surface area contributed by atoms with Crippen molar-refractivity contribution in [2.24, 2.45) is 0 Å². The van der Waals surface area contributed by atoms with Gasteiger partial charge in [0.1, 0.15) is 12.4 Å². The lowest BCUT2D eigenvalue weighted by atomic mass is 10.1. The molecule has 2 N–H and O–H groups in total. The Balaban J connectivity index is 1.58. The van der Waals surface area contributed by atoms with E-state index in [1.807, 2.05) is 18.2 Å². The number of benzene rings is 1. The number of rotatable bonds is 5. The molecule has 0 atom stereocenters. The Labute approximate surface area is 146 Å². The number of methoxy groups -OCH3 is 1. The molecule has 2 amide bonds. The van der Waals surface area contributed by atoms with Gasteiger partial charge in [-0.3, -0.25) is 4.90 Å². The minimum absolute atomic E-state index is 0.0127. The molecule has 1 saturated heterocycles. The SMILES string of the molecule is COc1ccc2c(c1)N(CCN1CCC(NC(=O)O)CC1)C(=O)OC2. The van der Waals surface area contributed by atoms with Gasteiger partial charge >= 0.3 is 12.2 Å². The van der Waals surface area contributed by atoms with Crippen molar-refractivity contribution in [2.75, 3.05) is 38.2 Å². The van der Waals surface area contributed by atoms with Crippen LogP contribution in [0.1, 0.15) is 18.4 Å². The molecule has 25 heavy (non-hydrogen) atoms. The Hall–Kier alpha value is -2.48. The van der Waals surface area contributed by atoms with Crippen molar-refractivity contribution in [2.45, 2.75) is 25.5 Å². The maximum absolute atomic E-state index is 12.2. The Morgan fingerprint density at radius 2 is 2.12 bits per heavy atom. The molecule has 2 aliphatic rings. The van der Waals surface area contributed by atoms with E-state index in [1.165, 1.54) is 0 Å². The molecule has 0 spiro atoms. The summed E-state index contributed by atoms with van der Waals surface area (Å²) in [7, 11) is 1.60. The number of carbonyl (C=O) groups is 2. The number of anilines is 1. The monoisotopic (exact) mass is 349 g/mol. The molecule has 1 aromatic carbocycles. The van der Waals surface area contributed by atoms with E-state index >= 15 is 0 Å². The summed E-state index contributed by atoms with van der Waals surface area (Å²) in [5, 5.41) is 11.3. The standard InChI is InChI=1S/C17H23N3O5/c1-24-14-3-2-12-11-25-17(23)20(15(12)10-14)9-8-19-6-4-13(5-7-19)18-16(21)22/h2-3,10,13,18H,4-9,11H2,1H3,(H,21,22). The van der Waals surface area contributed by atoms with E-state index in [9.17, 15) is 9.59 Å². The lowest BCUT2D eigenvalue weighted by Crippen LogP contribution is -2.47. The Morgan fingerprint density at radius 1 is 1.36 bits per heavy atom. The van der Waals surface area contributed by atoms with Gasteiger partial charge in [-0.2, -0.15) is 0 Å². The van der Waals surface area contributed by atoms with Crippen LogP contribution in [0.25, 0.3) is 0 Å². The van der Waals surface area contributed by atoms with Gasteiger partial charge in [-0.05, 0) is 25.0 Å². The normalized spacial score (nSPS) is 18.4.